The molecule has 0 saturated heterocycles. The van der Waals surface area contributed by atoms with Crippen molar-refractivity contribution in [3.63, 3.8) is 0 Å². The Balaban J connectivity index is 2.34. The van der Waals surface area contributed by atoms with Crippen LogP contribution >= 0.6 is 11.3 Å². The van der Waals surface area contributed by atoms with E-state index in [4.69, 9.17) is 15.2 Å². The molecule has 7 heteroatoms. The van der Waals surface area contributed by atoms with Gasteiger partial charge in [-0.3, -0.25) is 10.1 Å². The van der Waals surface area contributed by atoms with Gasteiger partial charge in [-0.1, -0.05) is 18.3 Å². The molecule has 1 unspecified atom stereocenters. The average Bonchev–Trinajstić information content (AvgIpc) is 2.87. The molecule has 0 aliphatic rings. The average molecular weight is 309 g/mol. The Morgan fingerprint density at radius 2 is 2.19 bits per heavy atom. The molecule has 114 valence electrons. The number of carbonyl (C=O) groups excluding carboxylic acids is 1. The molecule has 0 saturated carbocycles. The van der Waals surface area contributed by atoms with E-state index in [9.17, 15) is 4.79 Å². The summed E-state index contributed by atoms with van der Waals surface area (Å²) in [4.78, 5) is 16.7. The highest BCUT2D eigenvalue weighted by Gasteiger charge is 2.31. The zero-order valence-electron chi connectivity index (χ0n) is 12.5. The lowest BCUT2D eigenvalue weighted by atomic mass is 10.0. The second kappa shape index (κ2) is 5.87. The molecule has 2 rings (SSSR count). The summed E-state index contributed by atoms with van der Waals surface area (Å²) in [6.07, 6.45) is 0.566. The molecule has 1 aromatic carbocycles. The van der Waals surface area contributed by atoms with Crippen molar-refractivity contribution in [1.29, 1.82) is 0 Å². The number of hydrogen-bond acceptors (Lipinski definition) is 6. The number of amides is 1. The lowest BCUT2D eigenvalue weighted by Crippen LogP contribution is -2.41. The summed E-state index contributed by atoms with van der Waals surface area (Å²) in [5.74, 6) is 0.366. The Morgan fingerprint density at radius 3 is 2.76 bits per heavy atom. The summed E-state index contributed by atoms with van der Waals surface area (Å²) in [6, 6.07) is 3.51. The number of aromatic nitrogens is 1. The fraction of sp³-hybridized carbons (Fsp3) is 0.429. The number of ether oxygens (including phenoxy) is 2. The lowest BCUT2D eigenvalue weighted by molar-refractivity contribution is -0.136. The van der Waals surface area contributed by atoms with Gasteiger partial charge in [-0.2, -0.15) is 0 Å². The number of nitrogens with zero attached hydrogens (tertiary/aromatic N) is 1. The predicted octanol–water partition coefficient (Wildman–Crippen LogP) is 2.64. The maximum atomic E-state index is 12.3. The molecule has 0 aliphatic heterocycles. The first-order valence-electron chi connectivity index (χ1n) is 6.54. The van der Waals surface area contributed by atoms with Gasteiger partial charge >= 0.3 is 0 Å². The maximum Gasteiger partial charge on any atom is 0.258 e. The number of nitrogens with one attached hydrogen (secondary N) is 1. The van der Waals surface area contributed by atoms with E-state index < -0.39 is 5.60 Å². The molecule has 21 heavy (non-hydrogen) atoms. The second-order valence-electron chi connectivity index (χ2n) is 4.83. The van der Waals surface area contributed by atoms with Crippen molar-refractivity contribution >= 4 is 38.3 Å². The molecule has 1 amide bonds. The van der Waals surface area contributed by atoms with Crippen molar-refractivity contribution in [3.8, 4) is 5.75 Å². The first-order chi connectivity index (χ1) is 9.93. The van der Waals surface area contributed by atoms with E-state index in [2.05, 4.69) is 10.3 Å². The van der Waals surface area contributed by atoms with Crippen molar-refractivity contribution in [2.24, 2.45) is 0 Å². The van der Waals surface area contributed by atoms with Gasteiger partial charge in [0.1, 0.15) is 16.9 Å². The van der Waals surface area contributed by atoms with E-state index in [0.29, 0.717) is 28.5 Å². The minimum Gasteiger partial charge on any atom is -0.494 e. The van der Waals surface area contributed by atoms with Gasteiger partial charge in [-0.25, -0.2) is 4.98 Å². The summed E-state index contributed by atoms with van der Waals surface area (Å²) in [5, 5.41) is 3.29. The first-order valence-corrected chi connectivity index (χ1v) is 7.35. The number of rotatable bonds is 5. The van der Waals surface area contributed by atoms with Crippen LogP contribution in [-0.2, 0) is 9.53 Å². The van der Waals surface area contributed by atoms with Crippen molar-refractivity contribution in [3.05, 3.63) is 12.1 Å². The van der Waals surface area contributed by atoms with Gasteiger partial charge in [0.2, 0.25) is 0 Å². The van der Waals surface area contributed by atoms with Crippen molar-refractivity contribution in [2.75, 3.05) is 25.3 Å². The molecular formula is C14H19N3O3S. The third-order valence-corrected chi connectivity index (χ3v) is 4.45. The van der Waals surface area contributed by atoms with E-state index in [-0.39, 0.29) is 5.91 Å². The SMILES string of the molecule is CCC(C)(OC)C(=O)Nc1nc2c(OC)cc(N)cc2s1. The standard InChI is InChI=1S/C14H19N3O3S/c1-5-14(2,20-4)12(18)17-13-16-11-9(19-3)6-8(15)7-10(11)21-13/h6-7H,5,15H2,1-4H3,(H,16,17,18). The van der Waals surface area contributed by atoms with Crippen LogP contribution in [0.3, 0.4) is 0 Å². The van der Waals surface area contributed by atoms with Crippen LogP contribution in [0.1, 0.15) is 20.3 Å². The molecule has 6 nitrogen and oxygen atoms in total. The highest BCUT2D eigenvalue weighted by Crippen LogP contribution is 2.35. The molecule has 2 aromatic rings. The molecule has 0 radical (unpaired) electrons. The predicted molar refractivity (Wildman–Crippen MR) is 84.9 cm³/mol. The number of fused-ring (bicyclic) bond motifs is 1. The van der Waals surface area contributed by atoms with E-state index in [1.807, 2.05) is 6.92 Å². The van der Waals surface area contributed by atoms with E-state index >= 15 is 0 Å². The third-order valence-electron chi connectivity index (χ3n) is 3.53. The van der Waals surface area contributed by atoms with Gasteiger partial charge in [0.15, 0.2) is 5.13 Å². The monoisotopic (exact) mass is 309 g/mol. The number of anilines is 2. The van der Waals surface area contributed by atoms with Gasteiger partial charge in [0.05, 0.1) is 11.8 Å². The Bertz CT molecular complexity index is 665. The van der Waals surface area contributed by atoms with Crippen LogP contribution < -0.4 is 15.8 Å². The first kappa shape index (κ1) is 15.5. The molecule has 1 heterocycles. The van der Waals surface area contributed by atoms with E-state index in [1.165, 1.54) is 18.4 Å². The number of carbonyl (C=O) groups is 1. The van der Waals surface area contributed by atoms with Crippen LogP contribution in [0, 0.1) is 0 Å². The van der Waals surface area contributed by atoms with Crippen molar-refractivity contribution < 1.29 is 14.3 Å². The maximum absolute atomic E-state index is 12.3. The van der Waals surface area contributed by atoms with Crippen LogP contribution in [0.25, 0.3) is 10.2 Å². The van der Waals surface area contributed by atoms with Crippen LogP contribution in [0.5, 0.6) is 5.75 Å². The van der Waals surface area contributed by atoms with Crippen LogP contribution in [0.15, 0.2) is 12.1 Å². The van der Waals surface area contributed by atoms with E-state index in [1.54, 1.807) is 26.2 Å². The molecule has 0 aliphatic carbocycles. The van der Waals surface area contributed by atoms with Gasteiger partial charge in [0.25, 0.3) is 5.91 Å². The van der Waals surface area contributed by atoms with Gasteiger partial charge in [-0.15, -0.1) is 0 Å². The molecule has 3 N–H and O–H groups in total. The van der Waals surface area contributed by atoms with Gasteiger partial charge in [-0.05, 0) is 19.4 Å². The Morgan fingerprint density at radius 1 is 1.48 bits per heavy atom. The van der Waals surface area contributed by atoms with Crippen LogP contribution in [-0.4, -0.2) is 30.7 Å². The summed E-state index contributed by atoms with van der Waals surface area (Å²) in [7, 11) is 3.08. The molecule has 0 fully saturated rings. The zero-order chi connectivity index (χ0) is 15.6. The topological polar surface area (TPSA) is 86.5 Å². The fourth-order valence-corrected chi connectivity index (χ4v) is 2.78. The summed E-state index contributed by atoms with van der Waals surface area (Å²) >= 11 is 1.35. The number of hydrogen-bond donors (Lipinski definition) is 2. The lowest BCUT2D eigenvalue weighted by Gasteiger charge is -2.24. The normalized spacial score (nSPS) is 13.9. The minimum atomic E-state index is -0.874. The Labute approximate surface area is 127 Å². The van der Waals surface area contributed by atoms with Crippen molar-refractivity contribution in [1.82, 2.24) is 4.98 Å². The molecule has 1 atom stereocenters. The summed E-state index contributed by atoms with van der Waals surface area (Å²) < 4.78 is 11.4. The van der Waals surface area contributed by atoms with E-state index in [0.717, 1.165) is 4.70 Å². The Hall–Kier alpha value is -1.86. The molecule has 0 bridgehead atoms. The largest absolute Gasteiger partial charge is 0.494 e. The fourth-order valence-electron chi connectivity index (χ4n) is 1.86. The smallest absolute Gasteiger partial charge is 0.258 e. The van der Waals surface area contributed by atoms with Gasteiger partial charge in [0, 0.05) is 18.9 Å². The minimum absolute atomic E-state index is 0.224. The highest BCUT2D eigenvalue weighted by molar-refractivity contribution is 7.22. The number of thiazole rings is 1. The number of nitrogens with two attached hydrogens (primary N) is 1. The molecule has 1 aromatic heterocycles. The molecule has 0 spiro atoms. The van der Waals surface area contributed by atoms with Crippen LogP contribution in [0.2, 0.25) is 0 Å². The third kappa shape index (κ3) is 2.93. The number of methoxy groups -OCH3 is 2. The quantitative estimate of drug-likeness (QED) is 0.829. The zero-order valence-corrected chi connectivity index (χ0v) is 13.3. The second-order valence-corrected chi connectivity index (χ2v) is 5.86. The highest BCUT2D eigenvalue weighted by atomic mass is 32.1. The van der Waals surface area contributed by atoms with Gasteiger partial charge < -0.3 is 15.2 Å². The molecular weight excluding hydrogens is 290 g/mol. The summed E-state index contributed by atoms with van der Waals surface area (Å²) in [6.45, 7) is 3.64. The van der Waals surface area contributed by atoms with Crippen LogP contribution in [0.4, 0.5) is 10.8 Å². The summed E-state index contributed by atoms with van der Waals surface area (Å²) in [5.41, 5.74) is 6.22. The van der Waals surface area contributed by atoms with Crippen molar-refractivity contribution in [2.45, 2.75) is 25.9 Å². The Kier molecular flexibility index (Phi) is 4.34. The number of nitrogen functional groups attached to an aromatic ring is 1. The number of benzene rings is 1.